The molecule has 2 fully saturated rings. The number of phenolic OH excluding ortho intramolecular Hbond substituents is 1. The molecule has 0 saturated carbocycles. The van der Waals surface area contributed by atoms with Crippen LogP contribution in [0.3, 0.4) is 0 Å². The number of phenols is 1. The number of carbonyl (C=O) groups excluding carboxylic acids is 1. The van der Waals surface area contributed by atoms with Crippen molar-refractivity contribution in [2.24, 2.45) is 12.5 Å². The van der Waals surface area contributed by atoms with Gasteiger partial charge in [0.05, 0.1) is 10.7 Å². The number of aromatic nitrogens is 3. The zero-order valence-electron chi connectivity index (χ0n) is 20.6. The van der Waals surface area contributed by atoms with E-state index in [-0.39, 0.29) is 38.9 Å². The number of aromatic hydroxyl groups is 1. The maximum atomic E-state index is 14.9. The second kappa shape index (κ2) is 9.11. The van der Waals surface area contributed by atoms with Crippen molar-refractivity contribution < 1.29 is 14.3 Å². The number of amides is 1. The van der Waals surface area contributed by atoms with Gasteiger partial charge in [-0.3, -0.25) is 14.3 Å². The van der Waals surface area contributed by atoms with Gasteiger partial charge >= 0.3 is 5.69 Å². The van der Waals surface area contributed by atoms with Crippen molar-refractivity contribution in [3.05, 3.63) is 82.4 Å². The summed E-state index contributed by atoms with van der Waals surface area (Å²) < 4.78 is 17.7. The molecule has 1 spiro atoms. The highest BCUT2D eigenvalue weighted by molar-refractivity contribution is 6.32. The number of nitrogens with zero attached hydrogens (tertiary/aromatic N) is 4. The van der Waals surface area contributed by atoms with E-state index in [0.29, 0.717) is 35.6 Å². The number of hydrogen-bond acceptors (Lipinski definition) is 5. The molecule has 2 aromatic carbocycles. The van der Waals surface area contributed by atoms with Crippen LogP contribution in [0.25, 0.3) is 27.9 Å². The second-order valence-electron chi connectivity index (χ2n) is 10.1. The van der Waals surface area contributed by atoms with Crippen molar-refractivity contribution in [2.75, 3.05) is 24.5 Å². The molecule has 6 rings (SSSR count). The highest BCUT2D eigenvalue weighted by Crippen LogP contribution is 2.42. The molecule has 10 heteroatoms. The van der Waals surface area contributed by atoms with E-state index in [1.165, 1.54) is 21.3 Å². The number of aryl methyl sites for hydroxylation is 1. The summed E-state index contributed by atoms with van der Waals surface area (Å²) in [6.07, 6.45) is 6.19. The zero-order valence-corrected chi connectivity index (χ0v) is 21.4. The lowest BCUT2D eigenvalue weighted by Crippen LogP contribution is -2.30. The fraction of sp³-hybridized carbons (Fsp3) is 0.250. The Balaban J connectivity index is 1.37. The van der Waals surface area contributed by atoms with Gasteiger partial charge in [0, 0.05) is 61.7 Å². The lowest BCUT2D eigenvalue weighted by Gasteiger charge is -2.22. The van der Waals surface area contributed by atoms with Crippen molar-refractivity contribution in [1.82, 2.24) is 19.4 Å². The summed E-state index contributed by atoms with van der Waals surface area (Å²) in [5.74, 6) is -0.190. The molecule has 2 aromatic heterocycles. The van der Waals surface area contributed by atoms with E-state index >= 15 is 0 Å². The smallest absolute Gasteiger partial charge is 0.332 e. The van der Waals surface area contributed by atoms with E-state index in [1.807, 2.05) is 0 Å². The van der Waals surface area contributed by atoms with Gasteiger partial charge in [0.15, 0.2) is 0 Å². The lowest BCUT2D eigenvalue weighted by molar-refractivity contribution is -0.117. The Labute approximate surface area is 222 Å². The van der Waals surface area contributed by atoms with Crippen LogP contribution in [-0.2, 0) is 11.8 Å². The SMILES string of the molecule is Cn1ccn(-c2ccc(-c3cc(F)cc(-c4ccnc(N5CC6(CCNC6)CC5=O)c4)c3O)cc2Cl)c1=O. The summed E-state index contributed by atoms with van der Waals surface area (Å²) in [5.41, 5.74) is 1.68. The molecule has 1 unspecified atom stereocenters. The second-order valence-corrected chi connectivity index (χ2v) is 10.5. The van der Waals surface area contributed by atoms with Gasteiger partial charge < -0.3 is 15.0 Å². The number of nitrogens with one attached hydrogen (secondary N) is 1. The van der Waals surface area contributed by atoms with Gasteiger partial charge in [-0.25, -0.2) is 14.2 Å². The molecule has 4 heterocycles. The monoisotopic (exact) mass is 533 g/mol. The van der Waals surface area contributed by atoms with Crippen molar-refractivity contribution in [2.45, 2.75) is 12.8 Å². The van der Waals surface area contributed by atoms with Gasteiger partial charge in [-0.2, -0.15) is 0 Å². The molecule has 4 aromatic rings. The molecule has 2 aliphatic rings. The minimum atomic E-state index is -0.543. The summed E-state index contributed by atoms with van der Waals surface area (Å²) in [5, 5.41) is 14.9. The van der Waals surface area contributed by atoms with Gasteiger partial charge in [-0.05, 0) is 60.5 Å². The fourth-order valence-corrected chi connectivity index (χ4v) is 5.75. The highest BCUT2D eigenvalue weighted by atomic mass is 35.5. The predicted molar refractivity (Wildman–Crippen MR) is 143 cm³/mol. The zero-order chi connectivity index (χ0) is 26.6. The predicted octanol–water partition coefficient (Wildman–Crippen LogP) is 4.12. The van der Waals surface area contributed by atoms with Crippen LogP contribution in [0.5, 0.6) is 5.75 Å². The summed E-state index contributed by atoms with van der Waals surface area (Å²) in [6, 6.07) is 10.8. The van der Waals surface area contributed by atoms with Crippen LogP contribution in [0.2, 0.25) is 5.02 Å². The Bertz CT molecular complexity index is 1640. The normalized spacial score (nSPS) is 19.1. The average Bonchev–Trinajstić information content (AvgIpc) is 3.59. The van der Waals surface area contributed by atoms with Gasteiger partial charge in [0.25, 0.3) is 0 Å². The van der Waals surface area contributed by atoms with Crippen molar-refractivity contribution >= 4 is 23.3 Å². The number of carbonyl (C=O) groups is 1. The van der Waals surface area contributed by atoms with Crippen LogP contribution in [0, 0.1) is 11.2 Å². The summed E-state index contributed by atoms with van der Waals surface area (Å²) in [7, 11) is 1.64. The van der Waals surface area contributed by atoms with Gasteiger partial charge in [0.1, 0.15) is 17.4 Å². The fourth-order valence-electron chi connectivity index (χ4n) is 5.48. The molecule has 2 aliphatic heterocycles. The number of anilines is 1. The lowest BCUT2D eigenvalue weighted by atomic mass is 9.86. The topological polar surface area (TPSA) is 92.4 Å². The van der Waals surface area contributed by atoms with Crippen LogP contribution >= 0.6 is 11.6 Å². The number of pyridine rings is 1. The molecule has 0 radical (unpaired) electrons. The number of benzene rings is 2. The Morgan fingerprint density at radius 1 is 1.08 bits per heavy atom. The van der Waals surface area contributed by atoms with Crippen molar-refractivity contribution in [3.63, 3.8) is 0 Å². The summed E-state index contributed by atoms with van der Waals surface area (Å²) in [4.78, 5) is 31.3. The third-order valence-electron chi connectivity index (χ3n) is 7.53. The van der Waals surface area contributed by atoms with Gasteiger partial charge in [-0.1, -0.05) is 17.7 Å². The molecule has 0 aliphatic carbocycles. The number of hydrogen-bond donors (Lipinski definition) is 2. The van der Waals surface area contributed by atoms with Crippen LogP contribution in [0.4, 0.5) is 10.2 Å². The first-order valence-electron chi connectivity index (χ1n) is 12.3. The summed E-state index contributed by atoms with van der Waals surface area (Å²) >= 11 is 6.51. The first-order chi connectivity index (χ1) is 18.2. The quantitative estimate of drug-likeness (QED) is 0.412. The first-order valence-corrected chi connectivity index (χ1v) is 12.7. The maximum Gasteiger partial charge on any atom is 0.332 e. The molecular weight excluding hydrogens is 509 g/mol. The Morgan fingerprint density at radius 3 is 2.50 bits per heavy atom. The molecule has 194 valence electrons. The first kappa shape index (κ1) is 24.4. The third-order valence-corrected chi connectivity index (χ3v) is 7.83. The molecule has 38 heavy (non-hydrogen) atoms. The largest absolute Gasteiger partial charge is 0.507 e. The van der Waals surface area contributed by atoms with E-state index in [2.05, 4.69) is 10.3 Å². The van der Waals surface area contributed by atoms with Gasteiger partial charge in [0.2, 0.25) is 5.91 Å². The third kappa shape index (κ3) is 4.08. The van der Waals surface area contributed by atoms with Crippen molar-refractivity contribution in [3.8, 4) is 33.7 Å². The Hall–Kier alpha value is -3.95. The van der Waals surface area contributed by atoms with E-state index in [9.17, 15) is 19.1 Å². The molecule has 0 bridgehead atoms. The molecule has 1 atom stereocenters. The van der Waals surface area contributed by atoms with E-state index < -0.39 is 5.82 Å². The van der Waals surface area contributed by atoms with E-state index in [1.54, 1.807) is 60.9 Å². The van der Waals surface area contributed by atoms with Gasteiger partial charge in [-0.15, -0.1) is 0 Å². The summed E-state index contributed by atoms with van der Waals surface area (Å²) in [6.45, 7) is 2.26. The number of halogens is 2. The van der Waals surface area contributed by atoms with Crippen molar-refractivity contribution in [1.29, 1.82) is 0 Å². The standard InChI is InChI=1S/C28H25ClFN5O3/c1-33-8-9-34(27(33)38)23-3-2-17(10-22(23)29)20-12-19(30)13-21(26(20)37)18-4-6-32-24(11-18)35-16-28(14-25(35)36)5-7-31-15-28/h2-4,6,8-13,31,37H,5,7,14-16H2,1H3. The molecule has 2 saturated heterocycles. The van der Waals surface area contributed by atoms with Crippen LogP contribution < -0.4 is 15.9 Å². The molecule has 1 amide bonds. The average molecular weight is 534 g/mol. The Morgan fingerprint density at radius 2 is 1.84 bits per heavy atom. The van der Waals surface area contributed by atoms with E-state index in [0.717, 1.165) is 19.5 Å². The van der Waals surface area contributed by atoms with Crippen LogP contribution in [-0.4, -0.2) is 44.8 Å². The minimum absolute atomic E-state index is 0.00903. The molecule has 8 nitrogen and oxygen atoms in total. The maximum absolute atomic E-state index is 14.9. The molecular formula is C28H25ClFN5O3. The number of imidazole rings is 1. The van der Waals surface area contributed by atoms with Crippen LogP contribution in [0.15, 0.2) is 65.8 Å². The molecule has 2 N–H and O–H groups in total. The Kier molecular flexibility index (Phi) is 5.85. The number of rotatable bonds is 4. The minimum Gasteiger partial charge on any atom is -0.507 e. The van der Waals surface area contributed by atoms with Crippen LogP contribution in [0.1, 0.15) is 12.8 Å². The van der Waals surface area contributed by atoms with E-state index in [4.69, 9.17) is 11.6 Å². The highest BCUT2D eigenvalue weighted by Gasteiger charge is 2.45.